The molecule has 0 aromatic heterocycles. The van der Waals surface area contributed by atoms with Crippen molar-refractivity contribution in [3.8, 4) is 5.75 Å². The Morgan fingerprint density at radius 1 is 1.43 bits per heavy atom. The van der Waals surface area contributed by atoms with Crippen molar-refractivity contribution in [2.75, 3.05) is 12.4 Å². The number of ether oxygens (including phenoxy) is 1. The first-order valence-corrected chi connectivity index (χ1v) is 6.97. The molecule has 1 amide bonds. The van der Waals surface area contributed by atoms with Crippen LogP contribution in [0, 0.1) is 12.3 Å². The van der Waals surface area contributed by atoms with Gasteiger partial charge in [-0.3, -0.25) is 4.79 Å². The number of nitrogens with two attached hydrogens (primary N) is 1. The van der Waals surface area contributed by atoms with Crippen LogP contribution in [0.3, 0.4) is 0 Å². The number of hydrogen-bond donors (Lipinski definition) is 3. The molecule has 4 N–H and O–H groups in total. The summed E-state index contributed by atoms with van der Waals surface area (Å²) in [4.78, 5) is 12.6. The molecule has 2 rings (SSSR count). The molecule has 1 aromatic carbocycles. The van der Waals surface area contributed by atoms with Gasteiger partial charge < -0.3 is 21.0 Å². The molecule has 1 aromatic rings. The number of nitrogens with zero attached hydrogens (tertiary/aromatic N) is 1. The molecule has 1 fully saturated rings. The van der Waals surface area contributed by atoms with Gasteiger partial charge in [0.05, 0.1) is 7.11 Å². The van der Waals surface area contributed by atoms with Crippen molar-refractivity contribution < 1.29 is 14.7 Å². The number of carbonyl (C=O) groups excluding carboxylic acids is 1. The lowest BCUT2D eigenvalue weighted by Gasteiger charge is -2.26. The monoisotopic (exact) mass is 291 g/mol. The summed E-state index contributed by atoms with van der Waals surface area (Å²) in [6.07, 6.45) is 2.99. The first kappa shape index (κ1) is 15.2. The van der Waals surface area contributed by atoms with E-state index in [-0.39, 0.29) is 11.7 Å². The van der Waals surface area contributed by atoms with Gasteiger partial charge in [0.25, 0.3) is 0 Å². The molecule has 0 unspecified atom stereocenters. The molecule has 1 aliphatic carbocycles. The normalized spacial score (nSPS) is 17.5. The first-order chi connectivity index (χ1) is 10.0. The maximum absolute atomic E-state index is 12.6. The van der Waals surface area contributed by atoms with Crippen LogP contribution >= 0.6 is 0 Å². The number of nitrogens with one attached hydrogen (secondary N) is 1. The van der Waals surface area contributed by atoms with Gasteiger partial charge in [-0.25, -0.2) is 0 Å². The lowest BCUT2D eigenvalue weighted by molar-refractivity contribution is -0.122. The molecule has 21 heavy (non-hydrogen) atoms. The van der Waals surface area contributed by atoms with Crippen LogP contribution in [0.15, 0.2) is 23.4 Å². The van der Waals surface area contributed by atoms with E-state index in [9.17, 15) is 4.79 Å². The Bertz CT molecular complexity index is 563. The van der Waals surface area contributed by atoms with Gasteiger partial charge >= 0.3 is 0 Å². The minimum absolute atomic E-state index is 0.0114. The lowest BCUT2D eigenvalue weighted by atomic mass is 9.83. The number of aryl methyl sites for hydroxylation is 1. The SMILES string of the molecule is COc1ccc(NC(=O)C2(C(N)=NO)CCCC2)cc1C. The molecule has 6 nitrogen and oxygen atoms in total. The van der Waals surface area contributed by atoms with E-state index in [1.54, 1.807) is 19.2 Å². The third-order valence-electron chi connectivity index (χ3n) is 4.14. The van der Waals surface area contributed by atoms with Gasteiger partial charge in [-0.1, -0.05) is 18.0 Å². The van der Waals surface area contributed by atoms with Crippen molar-refractivity contribution in [3.63, 3.8) is 0 Å². The van der Waals surface area contributed by atoms with Gasteiger partial charge in [0.15, 0.2) is 5.84 Å². The first-order valence-electron chi connectivity index (χ1n) is 6.97. The van der Waals surface area contributed by atoms with Gasteiger partial charge in [0.1, 0.15) is 11.2 Å². The van der Waals surface area contributed by atoms with E-state index in [1.165, 1.54) is 0 Å². The molecular formula is C15H21N3O3. The highest BCUT2D eigenvalue weighted by Gasteiger charge is 2.45. The van der Waals surface area contributed by atoms with E-state index in [2.05, 4.69) is 10.5 Å². The number of oxime groups is 1. The van der Waals surface area contributed by atoms with Crippen LogP contribution in [0.2, 0.25) is 0 Å². The van der Waals surface area contributed by atoms with Crippen LogP contribution in [-0.4, -0.2) is 24.1 Å². The summed E-state index contributed by atoms with van der Waals surface area (Å²) in [5, 5.41) is 14.9. The topological polar surface area (TPSA) is 96.9 Å². The number of methoxy groups -OCH3 is 1. The van der Waals surface area contributed by atoms with Crippen molar-refractivity contribution in [2.24, 2.45) is 16.3 Å². The van der Waals surface area contributed by atoms with E-state index in [0.717, 1.165) is 24.2 Å². The average Bonchev–Trinajstić information content (AvgIpc) is 2.97. The third kappa shape index (κ3) is 2.79. The maximum Gasteiger partial charge on any atom is 0.238 e. The Morgan fingerprint density at radius 3 is 2.62 bits per heavy atom. The number of anilines is 1. The summed E-state index contributed by atoms with van der Waals surface area (Å²) in [5.41, 5.74) is 6.47. The van der Waals surface area contributed by atoms with Crippen LogP contribution in [0.1, 0.15) is 31.2 Å². The smallest absolute Gasteiger partial charge is 0.238 e. The molecule has 0 bridgehead atoms. The zero-order chi connectivity index (χ0) is 15.5. The van der Waals surface area contributed by atoms with E-state index < -0.39 is 5.41 Å². The summed E-state index contributed by atoms with van der Waals surface area (Å²) >= 11 is 0. The molecule has 0 atom stereocenters. The fourth-order valence-corrected chi connectivity index (χ4v) is 2.88. The maximum atomic E-state index is 12.6. The van der Waals surface area contributed by atoms with Crippen molar-refractivity contribution in [1.29, 1.82) is 0 Å². The fraction of sp³-hybridized carbons (Fsp3) is 0.467. The third-order valence-corrected chi connectivity index (χ3v) is 4.14. The predicted octanol–water partition coefficient (Wildman–Crippen LogP) is 2.25. The van der Waals surface area contributed by atoms with Crippen molar-refractivity contribution in [3.05, 3.63) is 23.8 Å². The van der Waals surface area contributed by atoms with Gasteiger partial charge in [-0.15, -0.1) is 0 Å². The second-order valence-electron chi connectivity index (χ2n) is 5.41. The standard InChI is InChI=1S/C15H21N3O3/c1-10-9-11(5-6-12(10)21-2)17-14(19)15(13(16)18-20)7-3-4-8-15/h5-6,9,20H,3-4,7-8H2,1-2H3,(H2,16,18)(H,17,19). The molecule has 114 valence electrons. The highest BCUT2D eigenvalue weighted by Crippen LogP contribution is 2.39. The second-order valence-corrected chi connectivity index (χ2v) is 5.41. The van der Waals surface area contributed by atoms with Gasteiger partial charge in [0, 0.05) is 5.69 Å². The number of benzene rings is 1. The largest absolute Gasteiger partial charge is 0.496 e. The number of amidine groups is 1. The predicted molar refractivity (Wildman–Crippen MR) is 80.7 cm³/mol. The molecule has 0 radical (unpaired) electrons. The highest BCUT2D eigenvalue weighted by atomic mass is 16.5. The Kier molecular flexibility index (Phi) is 4.35. The van der Waals surface area contributed by atoms with Crippen LogP contribution in [-0.2, 0) is 4.79 Å². The molecule has 1 aliphatic rings. The number of hydrogen-bond acceptors (Lipinski definition) is 4. The van der Waals surface area contributed by atoms with Gasteiger partial charge in [-0.2, -0.15) is 0 Å². The summed E-state index contributed by atoms with van der Waals surface area (Å²) in [5.74, 6) is 0.530. The van der Waals surface area contributed by atoms with Gasteiger partial charge in [-0.05, 0) is 43.5 Å². The van der Waals surface area contributed by atoms with Crippen molar-refractivity contribution in [2.45, 2.75) is 32.6 Å². The molecule has 6 heteroatoms. The van der Waals surface area contributed by atoms with E-state index >= 15 is 0 Å². The quantitative estimate of drug-likeness (QED) is 0.343. The highest BCUT2D eigenvalue weighted by molar-refractivity contribution is 6.12. The molecular weight excluding hydrogens is 270 g/mol. The van der Waals surface area contributed by atoms with Gasteiger partial charge in [0.2, 0.25) is 5.91 Å². The van der Waals surface area contributed by atoms with E-state index in [4.69, 9.17) is 15.7 Å². The molecule has 0 heterocycles. The minimum Gasteiger partial charge on any atom is -0.496 e. The number of amides is 1. The van der Waals surface area contributed by atoms with Crippen LogP contribution in [0.25, 0.3) is 0 Å². The van der Waals surface area contributed by atoms with E-state index in [0.29, 0.717) is 18.5 Å². The van der Waals surface area contributed by atoms with Crippen LogP contribution < -0.4 is 15.8 Å². The van der Waals surface area contributed by atoms with Crippen LogP contribution in [0.4, 0.5) is 5.69 Å². The summed E-state index contributed by atoms with van der Waals surface area (Å²) in [7, 11) is 1.60. The molecule has 1 saturated carbocycles. The zero-order valence-corrected chi connectivity index (χ0v) is 12.3. The Balaban J connectivity index is 2.22. The Morgan fingerprint density at radius 2 is 2.10 bits per heavy atom. The zero-order valence-electron chi connectivity index (χ0n) is 12.3. The Labute approximate surface area is 124 Å². The van der Waals surface area contributed by atoms with E-state index in [1.807, 2.05) is 13.0 Å². The van der Waals surface area contributed by atoms with Crippen molar-refractivity contribution in [1.82, 2.24) is 0 Å². The molecule has 0 spiro atoms. The number of rotatable bonds is 4. The summed E-state index contributed by atoms with van der Waals surface area (Å²) in [6.45, 7) is 1.91. The average molecular weight is 291 g/mol. The fourth-order valence-electron chi connectivity index (χ4n) is 2.88. The molecule has 0 aliphatic heterocycles. The Hall–Kier alpha value is -2.24. The van der Waals surface area contributed by atoms with Crippen molar-refractivity contribution >= 4 is 17.4 Å². The second kappa shape index (κ2) is 6.03. The summed E-state index contributed by atoms with van der Waals surface area (Å²) < 4.78 is 5.20. The van der Waals surface area contributed by atoms with Crippen LogP contribution in [0.5, 0.6) is 5.75 Å². The number of carbonyl (C=O) groups is 1. The minimum atomic E-state index is -0.900. The molecule has 0 saturated heterocycles. The lowest BCUT2D eigenvalue weighted by Crippen LogP contribution is -2.45. The summed E-state index contributed by atoms with van der Waals surface area (Å²) in [6, 6.07) is 5.42.